The van der Waals surface area contributed by atoms with Crippen molar-refractivity contribution in [3.8, 4) is 0 Å². The Balaban J connectivity index is 1.86. The fraction of sp³-hybridized carbons (Fsp3) is 0.200. The van der Waals surface area contributed by atoms with Crippen LogP contribution < -0.4 is 4.72 Å². The monoisotopic (exact) mass is 389 g/mol. The number of fused-ring (bicyclic) bond motifs is 1. The molecule has 26 heavy (non-hydrogen) atoms. The molecule has 6 heteroatoms. The topological polar surface area (TPSA) is 55.4 Å². The Hall–Kier alpha value is -1.92. The van der Waals surface area contributed by atoms with Gasteiger partial charge in [0.25, 0.3) is 0 Å². The van der Waals surface area contributed by atoms with Crippen LogP contribution >= 0.6 is 11.6 Å². The standard InChI is InChI=1S/C20H20ClNO3S/c1-20(25-2,17-8-5-9-18(21)13-17)14-22-26(23,24)19-11-10-15-6-3-4-7-16(15)12-19/h3-13,22H,14H2,1-2H3. The Bertz CT molecular complexity index is 1040. The second kappa shape index (κ2) is 7.37. The van der Waals surface area contributed by atoms with Crippen molar-refractivity contribution in [3.05, 3.63) is 77.3 Å². The molecular weight excluding hydrogens is 370 g/mol. The molecule has 1 unspecified atom stereocenters. The zero-order valence-corrected chi connectivity index (χ0v) is 16.1. The average Bonchev–Trinajstić information content (AvgIpc) is 2.66. The molecule has 0 aliphatic heterocycles. The van der Waals surface area contributed by atoms with Gasteiger partial charge in [-0.3, -0.25) is 0 Å². The van der Waals surface area contributed by atoms with Gasteiger partial charge in [-0.25, -0.2) is 13.1 Å². The maximum atomic E-state index is 12.7. The van der Waals surface area contributed by atoms with Gasteiger partial charge in [0, 0.05) is 18.7 Å². The number of hydrogen-bond acceptors (Lipinski definition) is 3. The minimum Gasteiger partial charge on any atom is -0.372 e. The van der Waals surface area contributed by atoms with Crippen molar-refractivity contribution in [2.24, 2.45) is 0 Å². The Morgan fingerprint density at radius 2 is 1.73 bits per heavy atom. The van der Waals surface area contributed by atoms with E-state index >= 15 is 0 Å². The van der Waals surface area contributed by atoms with Gasteiger partial charge < -0.3 is 4.74 Å². The molecule has 3 aromatic rings. The first kappa shape index (κ1) is 18.9. The van der Waals surface area contributed by atoms with E-state index in [1.807, 2.05) is 43.3 Å². The predicted octanol–water partition coefficient (Wildman–Crippen LogP) is 4.33. The summed E-state index contributed by atoms with van der Waals surface area (Å²) >= 11 is 6.06. The lowest BCUT2D eigenvalue weighted by Crippen LogP contribution is -2.40. The first-order valence-corrected chi connectivity index (χ1v) is 10.00. The Morgan fingerprint density at radius 1 is 1.00 bits per heavy atom. The smallest absolute Gasteiger partial charge is 0.240 e. The molecule has 0 bridgehead atoms. The second-order valence-electron chi connectivity index (χ2n) is 6.28. The number of halogens is 1. The van der Waals surface area contributed by atoms with Crippen LogP contribution in [-0.2, 0) is 20.4 Å². The summed E-state index contributed by atoms with van der Waals surface area (Å²) in [5, 5.41) is 2.44. The highest BCUT2D eigenvalue weighted by atomic mass is 35.5. The summed E-state index contributed by atoms with van der Waals surface area (Å²) < 4.78 is 33.7. The summed E-state index contributed by atoms with van der Waals surface area (Å²) in [5.74, 6) is 0. The van der Waals surface area contributed by atoms with Crippen LogP contribution in [0, 0.1) is 0 Å². The zero-order valence-electron chi connectivity index (χ0n) is 14.6. The van der Waals surface area contributed by atoms with E-state index in [-0.39, 0.29) is 11.4 Å². The number of ether oxygens (including phenoxy) is 1. The number of nitrogens with one attached hydrogen (secondary N) is 1. The molecule has 0 spiro atoms. The van der Waals surface area contributed by atoms with Crippen molar-refractivity contribution in [1.29, 1.82) is 0 Å². The van der Waals surface area contributed by atoms with Crippen molar-refractivity contribution < 1.29 is 13.2 Å². The third kappa shape index (κ3) is 3.91. The highest BCUT2D eigenvalue weighted by Gasteiger charge is 2.29. The first-order chi connectivity index (χ1) is 12.3. The van der Waals surface area contributed by atoms with Gasteiger partial charge in [-0.05, 0) is 47.5 Å². The van der Waals surface area contributed by atoms with Gasteiger partial charge in [-0.2, -0.15) is 0 Å². The van der Waals surface area contributed by atoms with E-state index in [2.05, 4.69) is 4.72 Å². The van der Waals surface area contributed by atoms with E-state index in [4.69, 9.17) is 16.3 Å². The van der Waals surface area contributed by atoms with E-state index in [1.165, 1.54) is 0 Å². The second-order valence-corrected chi connectivity index (χ2v) is 8.48. The quantitative estimate of drug-likeness (QED) is 0.682. The molecule has 1 atom stereocenters. The highest BCUT2D eigenvalue weighted by molar-refractivity contribution is 7.89. The van der Waals surface area contributed by atoms with Gasteiger partial charge in [-0.15, -0.1) is 0 Å². The summed E-state index contributed by atoms with van der Waals surface area (Å²) in [5.41, 5.74) is -0.0387. The largest absolute Gasteiger partial charge is 0.372 e. The average molecular weight is 390 g/mol. The van der Waals surface area contributed by atoms with Gasteiger partial charge >= 0.3 is 0 Å². The van der Waals surface area contributed by atoms with Crippen LogP contribution in [0.15, 0.2) is 71.6 Å². The van der Waals surface area contributed by atoms with E-state index in [1.54, 1.807) is 37.4 Å². The van der Waals surface area contributed by atoms with Crippen LogP contribution in [0.4, 0.5) is 0 Å². The Labute approximate surface area is 158 Å². The van der Waals surface area contributed by atoms with Gasteiger partial charge in [0.05, 0.1) is 4.90 Å². The molecule has 0 fully saturated rings. The molecule has 3 rings (SSSR count). The molecule has 0 saturated heterocycles. The summed E-state index contributed by atoms with van der Waals surface area (Å²) in [6.07, 6.45) is 0. The fourth-order valence-electron chi connectivity index (χ4n) is 2.76. The van der Waals surface area contributed by atoms with E-state index < -0.39 is 15.6 Å². The number of sulfonamides is 1. The maximum absolute atomic E-state index is 12.7. The van der Waals surface area contributed by atoms with Crippen molar-refractivity contribution in [1.82, 2.24) is 4.72 Å². The normalized spacial score (nSPS) is 14.3. The van der Waals surface area contributed by atoms with Crippen LogP contribution in [-0.4, -0.2) is 22.1 Å². The Kier molecular flexibility index (Phi) is 5.34. The molecule has 0 amide bonds. The third-order valence-corrected chi connectivity index (χ3v) is 6.15. The molecule has 0 aliphatic rings. The van der Waals surface area contributed by atoms with Gasteiger partial charge in [0.2, 0.25) is 10.0 Å². The maximum Gasteiger partial charge on any atom is 0.240 e. The molecule has 0 radical (unpaired) electrons. The summed E-state index contributed by atoms with van der Waals surface area (Å²) in [4.78, 5) is 0.223. The molecule has 0 aromatic heterocycles. The minimum atomic E-state index is -3.68. The summed E-state index contributed by atoms with van der Waals surface area (Å²) in [7, 11) is -2.13. The van der Waals surface area contributed by atoms with Crippen LogP contribution in [0.1, 0.15) is 12.5 Å². The van der Waals surface area contributed by atoms with Gasteiger partial charge in [0.15, 0.2) is 0 Å². The molecule has 1 N–H and O–H groups in total. The van der Waals surface area contributed by atoms with Crippen LogP contribution in [0.2, 0.25) is 5.02 Å². The lowest BCUT2D eigenvalue weighted by atomic mass is 9.96. The lowest BCUT2D eigenvalue weighted by Gasteiger charge is -2.29. The van der Waals surface area contributed by atoms with Crippen molar-refractivity contribution in [3.63, 3.8) is 0 Å². The van der Waals surface area contributed by atoms with Crippen molar-refractivity contribution >= 4 is 32.4 Å². The van der Waals surface area contributed by atoms with Crippen LogP contribution in [0.5, 0.6) is 0 Å². The SMILES string of the molecule is COC(C)(CNS(=O)(=O)c1ccc2ccccc2c1)c1cccc(Cl)c1. The highest BCUT2D eigenvalue weighted by Crippen LogP contribution is 2.27. The van der Waals surface area contributed by atoms with Crippen molar-refractivity contribution in [2.75, 3.05) is 13.7 Å². The van der Waals surface area contributed by atoms with Crippen molar-refractivity contribution in [2.45, 2.75) is 17.4 Å². The lowest BCUT2D eigenvalue weighted by molar-refractivity contribution is 0.00699. The molecule has 0 heterocycles. The molecule has 0 aliphatic carbocycles. The van der Waals surface area contributed by atoms with Crippen LogP contribution in [0.25, 0.3) is 10.8 Å². The zero-order chi connectivity index (χ0) is 18.8. The predicted molar refractivity (Wildman–Crippen MR) is 105 cm³/mol. The summed E-state index contributed by atoms with van der Waals surface area (Å²) in [6.45, 7) is 1.90. The van der Waals surface area contributed by atoms with E-state index in [0.29, 0.717) is 5.02 Å². The molecule has 3 aromatic carbocycles. The number of hydrogen-bond donors (Lipinski definition) is 1. The van der Waals surface area contributed by atoms with E-state index in [0.717, 1.165) is 16.3 Å². The number of rotatable bonds is 6. The third-order valence-electron chi connectivity index (χ3n) is 4.52. The van der Waals surface area contributed by atoms with Crippen LogP contribution in [0.3, 0.4) is 0 Å². The molecular formula is C20H20ClNO3S. The molecule has 4 nitrogen and oxygen atoms in total. The number of methoxy groups -OCH3 is 1. The van der Waals surface area contributed by atoms with Gasteiger partial charge in [0.1, 0.15) is 5.60 Å². The molecule has 136 valence electrons. The first-order valence-electron chi connectivity index (χ1n) is 8.14. The molecule has 0 saturated carbocycles. The van der Waals surface area contributed by atoms with Gasteiger partial charge in [-0.1, -0.05) is 54.1 Å². The Morgan fingerprint density at radius 3 is 2.42 bits per heavy atom. The minimum absolute atomic E-state index is 0.0823. The number of benzene rings is 3. The summed E-state index contributed by atoms with van der Waals surface area (Å²) in [6, 6.07) is 19.9. The van der Waals surface area contributed by atoms with E-state index in [9.17, 15) is 8.42 Å². The fourth-order valence-corrected chi connectivity index (χ4v) is 4.11.